The summed E-state index contributed by atoms with van der Waals surface area (Å²) < 4.78 is 5.72. The van der Waals surface area contributed by atoms with Crippen molar-refractivity contribution in [3.05, 3.63) is 54.1 Å². The van der Waals surface area contributed by atoms with Gasteiger partial charge in [-0.1, -0.05) is 18.2 Å². The van der Waals surface area contributed by atoms with Crippen molar-refractivity contribution in [3.8, 4) is 11.6 Å². The lowest BCUT2D eigenvalue weighted by atomic mass is 10.2. The van der Waals surface area contributed by atoms with Gasteiger partial charge < -0.3 is 10.5 Å². The molecule has 3 aromatic rings. The SMILES string of the molecule is Cc1cc(Oc2ccccc2)nc2nc(N)ccc12. The number of nitrogens with zero attached hydrogens (tertiary/aromatic N) is 2. The Bertz CT molecular complexity index is 726. The molecule has 2 N–H and O–H groups in total. The van der Waals surface area contributed by atoms with E-state index >= 15 is 0 Å². The number of pyridine rings is 2. The average Bonchev–Trinajstić information content (AvgIpc) is 2.39. The van der Waals surface area contributed by atoms with Crippen molar-refractivity contribution < 1.29 is 4.74 Å². The van der Waals surface area contributed by atoms with Crippen LogP contribution >= 0.6 is 0 Å². The minimum atomic E-state index is 0.455. The fourth-order valence-corrected chi connectivity index (χ4v) is 1.92. The number of fused-ring (bicyclic) bond motifs is 1. The summed E-state index contributed by atoms with van der Waals surface area (Å²) in [5.74, 6) is 1.73. The van der Waals surface area contributed by atoms with E-state index in [4.69, 9.17) is 10.5 Å². The number of benzene rings is 1. The number of rotatable bonds is 2. The predicted molar refractivity (Wildman–Crippen MR) is 75.2 cm³/mol. The van der Waals surface area contributed by atoms with Crippen LogP contribution in [-0.4, -0.2) is 9.97 Å². The van der Waals surface area contributed by atoms with Crippen LogP contribution in [-0.2, 0) is 0 Å². The smallest absolute Gasteiger partial charge is 0.221 e. The van der Waals surface area contributed by atoms with Crippen LogP contribution in [0.3, 0.4) is 0 Å². The van der Waals surface area contributed by atoms with Crippen molar-refractivity contribution in [2.24, 2.45) is 0 Å². The van der Waals surface area contributed by atoms with Gasteiger partial charge in [-0.2, -0.15) is 4.98 Å². The van der Waals surface area contributed by atoms with Crippen molar-refractivity contribution in [1.29, 1.82) is 0 Å². The molecule has 2 heterocycles. The van der Waals surface area contributed by atoms with Crippen LogP contribution in [0.5, 0.6) is 11.6 Å². The van der Waals surface area contributed by atoms with E-state index in [1.165, 1.54) is 0 Å². The molecule has 0 aliphatic rings. The van der Waals surface area contributed by atoms with Crippen LogP contribution in [0.2, 0.25) is 0 Å². The van der Waals surface area contributed by atoms with E-state index in [-0.39, 0.29) is 0 Å². The molecule has 3 rings (SSSR count). The summed E-state index contributed by atoms with van der Waals surface area (Å²) in [5.41, 5.74) is 7.35. The summed E-state index contributed by atoms with van der Waals surface area (Å²) in [6.45, 7) is 2.00. The second-order valence-corrected chi connectivity index (χ2v) is 4.30. The average molecular weight is 251 g/mol. The number of para-hydroxylation sites is 1. The lowest BCUT2D eigenvalue weighted by molar-refractivity contribution is 0.464. The minimum Gasteiger partial charge on any atom is -0.439 e. The summed E-state index contributed by atoms with van der Waals surface area (Å²) in [6, 6.07) is 15.1. The van der Waals surface area contributed by atoms with Gasteiger partial charge >= 0.3 is 0 Å². The molecule has 94 valence electrons. The Morgan fingerprint density at radius 3 is 2.58 bits per heavy atom. The van der Waals surface area contributed by atoms with Crippen molar-refractivity contribution in [2.75, 3.05) is 5.73 Å². The standard InChI is InChI=1S/C15H13N3O/c1-10-9-14(19-11-5-3-2-4-6-11)18-15-12(10)7-8-13(16)17-15/h2-9H,1H3,(H2,16,17,18). The van der Waals surface area contributed by atoms with Gasteiger partial charge in [0.05, 0.1) is 0 Å². The van der Waals surface area contributed by atoms with E-state index in [9.17, 15) is 0 Å². The van der Waals surface area contributed by atoms with Crippen LogP contribution < -0.4 is 10.5 Å². The van der Waals surface area contributed by atoms with Gasteiger partial charge in [0.1, 0.15) is 11.6 Å². The molecule has 0 spiro atoms. The lowest BCUT2D eigenvalue weighted by Crippen LogP contribution is -1.95. The third-order valence-electron chi connectivity index (χ3n) is 2.84. The Morgan fingerprint density at radius 1 is 1.00 bits per heavy atom. The predicted octanol–water partition coefficient (Wildman–Crippen LogP) is 3.31. The maximum absolute atomic E-state index is 5.72. The van der Waals surface area contributed by atoms with Crippen molar-refractivity contribution in [3.63, 3.8) is 0 Å². The molecular formula is C15H13N3O. The lowest BCUT2D eigenvalue weighted by Gasteiger charge is -2.07. The first-order valence-electron chi connectivity index (χ1n) is 5.99. The van der Waals surface area contributed by atoms with Crippen LogP contribution in [0, 0.1) is 6.92 Å². The zero-order valence-corrected chi connectivity index (χ0v) is 10.5. The van der Waals surface area contributed by atoms with E-state index in [1.54, 1.807) is 6.07 Å². The van der Waals surface area contributed by atoms with Gasteiger partial charge in [0.25, 0.3) is 0 Å². The van der Waals surface area contributed by atoms with E-state index in [0.29, 0.717) is 17.3 Å². The fourth-order valence-electron chi connectivity index (χ4n) is 1.92. The Kier molecular flexibility index (Phi) is 2.76. The van der Waals surface area contributed by atoms with Crippen molar-refractivity contribution in [1.82, 2.24) is 9.97 Å². The molecule has 0 aliphatic carbocycles. The number of nitrogen functional groups attached to an aromatic ring is 1. The molecule has 0 bridgehead atoms. The highest BCUT2D eigenvalue weighted by molar-refractivity contribution is 5.80. The Hall–Kier alpha value is -2.62. The number of hydrogen-bond acceptors (Lipinski definition) is 4. The largest absolute Gasteiger partial charge is 0.439 e. The summed E-state index contributed by atoms with van der Waals surface area (Å²) >= 11 is 0. The highest BCUT2D eigenvalue weighted by atomic mass is 16.5. The number of nitrogens with two attached hydrogens (primary N) is 1. The van der Waals surface area contributed by atoms with Gasteiger partial charge in [-0.25, -0.2) is 4.98 Å². The summed E-state index contributed by atoms with van der Waals surface area (Å²) in [6.07, 6.45) is 0. The maximum atomic E-state index is 5.72. The number of aromatic nitrogens is 2. The number of hydrogen-bond donors (Lipinski definition) is 1. The Morgan fingerprint density at radius 2 is 1.79 bits per heavy atom. The van der Waals surface area contributed by atoms with Gasteiger partial charge in [0.2, 0.25) is 5.88 Å². The molecule has 0 amide bonds. The van der Waals surface area contributed by atoms with Crippen LogP contribution in [0.25, 0.3) is 11.0 Å². The minimum absolute atomic E-state index is 0.455. The fraction of sp³-hybridized carbons (Fsp3) is 0.0667. The first kappa shape index (κ1) is 11.5. The normalized spacial score (nSPS) is 10.6. The van der Waals surface area contributed by atoms with Gasteiger partial charge in [-0.05, 0) is 36.8 Å². The molecule has 19 heavy (non-hydrogen) atoms. The summed E-state index contributed by atoms with van der Waals surface area (Å²) in [7, 11) is 0. The molecule has 0 atom stereocenters. The van der Waals surface area contributed by atoms with Crippen molar-refractivity contribution >= 4 is 16.9 Å². The molecule has 0 fully saturated rings. The molecule has 0 aliphatic heterocycles. The van der Waals surface area contributed by atoms with Gasteiger partial charge in [0, 0.05) is 11.5 Å². The van der Waals surface area contributed by atoms with E-state index in [1.807, 2.05) is 49.4 Å². The Labute approximate surface area is 110 Å². The van der Waals surface area contributed by atoms with E-state index in [0.717, 1.165) is 16.7 Å². The second kappa shape index (κ2) is 4.57. The van der Waals surface area contributed by atoms with E-state index < -0.39 is 0 Å². The summed E-state index contributed by atoms with van der Waals surface area (Å²) in [4.78, 5) is 8.60. The van der Waals surface area contributed by atoms with Gasteiger partial charge in [0.15, 0.2) is 5.65 Å². The maximum Gasteiger partial charge on any atom is 0.221 e. The number of ether oxygens (including phenoxy) is 1. The molecule has 0 radical (unpaired) electrons. The first-order chi connectivity index (χ1) is 9.22. The van der Waals surface area contributed by atoms with Gasteiger partial charge in [-0.3, -0.25) is 0 Å². The van der Waals surface area contributed by atoms with E-state index in [2.05, 4.69) is 9.97 Å². The highest BCUT2D eigenvalue weighted by Crippen LogP contribution is 2.24. The second-order valence-electron chi connectivity index (χ2n) is 4.30. The quantitative estimate of drug-likeness (QED) is 0.759. The molecule has 0 saturated heterocycles. The zero-order chi connectivity index (χ0) is 13.2. The van der Waals surface area contributed by atoms with Crippen LogP contribution in [0.15, 0.2) is 48.5 Å². The molecule has 2 aromatic heterocycles. The molecule has 1 aromatic carbocycles. The number of aryl methyl sites for hydroxylation is 1. The first-order valence-corrected chi connectivity index (χ1v) is 5.99. The molecular weight excluding hydrogens is 238 g/mol. The monoisotopic (exact) mass is 251 g/mol. The topological polar surface area (TPSA) is 61.0 Å². The van der Waals surface area contributed by atoms with Gasteiger partial charge in [-0.15, -0.1) is 0 Å². The zero-order valence-electron chi connectivity index (χ0n) is 10.5. The summed E-state index contributed by atoms with van der Waals surface area (Å²) in [5, 5.41) is 0.981. The van der Waals surface area contributed by atoms with Crippen LogP contribution in [0.1, 0.15) is 5.56 Å². The molecule has 0 saturated carbocycles. The Balaban J connectivity index is 2.05. The highest BCUT2D eigenvalue weighted by Gasteiger charge is 2.06. The van der Waals surface area contributed by atoms with Crippen LogP contribution in [0.4, 0.5) is 5.82 Å². The third-order valence-corrected chi connectivity index (χ3v) is 2.84. The molecule has 4 heteroatoms. The molecule has 0 unspecified atom stereocenters. The number of anilines is 1. The van der Waals surface area contributed by atoms with Crippen molar-refractivity contribution in [2.45, 2.75) is 6.92 Å². The third kappa shape index (κ3) is 2.33. The molecule has 4 nitrogen and oxygen atoms in total.